The Kier molecular flexibility index (Phi) is 3.46. The van der Waals surface area contributed by atoms with Gasteiger partial charge in [-0.2, -0.15) is 0 Å². The lowest BCUT2D eigenvalue weighted by atomic mass is 10.1. The van der Waals surface area contributed by atoms with E-state index in [1.54, 1.807) is 0 Å². The molecule has 1 saturated heterocycles. The zero-order chi connectivity index (χ0) is 14.2. The number of hydrogen-bond acceptors (Lipinski definition) is 2. The Labute approximate surface area is 126 Å². The molecule has 2 fully saturated rings. The Morgan fingerprint density at radius 2 is 1.62 bits per heavy atom. The minimum Gasteiger partial charge on any atom is -0.337 e. The monoisotopic (exact) mass is 284 g/mol. The molecule has 1 atom stereocenters. The molecule has 1 heterocycles. The molecule has 4 rings (SSSR count). The van der Waals surface area contributed by atoms with Crippen LogP contribution in [0.2, 0.25) is 0 Å². The fourth-order valence-corrected chi connectivity index (χ4v) is 4.38. The molecule has 1 amide bonds. The SMILES string of the molecule is O=C1C[C@@H](NC2CCCC2)CN1C1Cc2ccccc2C1. The summed E-state index contributed by atoms with van der Waals surface area (Å²) in [4.78, 5) is 14.5. The highest BCUT2D eigenvalue weighted by Crippen LogP contribution is 2.29. The topological polar surface area (TPSA) is 32.3 Å². The number of carbonyl (C=O) groups is 1. The second-order valence-corrected chi connectivity index (χ2v) is 6.93. The summed E-state index contributed by atoms with van der Waals surface area (Å²) in [7, 11) is 0. The Morgan fingerprint density at radius 3 is 2.29 bits per heavy atom. The Balaban J connectivity index is 1.39. The van der Waals surface area contributed by atoms with E-state index in [-0.39, 0.29) is 0 Å². The molecule has 1 aromatic rings. The predicted molar refractivity (Wildman–Crippen MR) is 83.1 cm³/mol. The van der Waals surface area contributed by atoms with Gasteiger partial charge in [-0.25, -0.2) is 0 Å². The van der Waals surface area contributed by atoms with Gasteiger partial charge in [-0.05, 0) is 36.8 Å². The van der Waals surface area contributed by atoms with Crippen LogP contribution in [0.4, 0.5) is 0 Å². The van der Waals surface area contributed by atoms with Crippen molar-refractivity contribution in [1.29, 1.82) is 0 Å². The molecular formula is C18H24N2O. The van der Waals surface area contributed by atoms with E-state index in [1.807, 2.05) is 0 Å². The predicted octanol–water partition coefficient (Wildman–Crippen LogP) is 2.29. The van der Waals surface area contributed by atoms with Crippen LogP contribution < -0.4 is 5.32 Å². The molecule has 0 spiro atoms. The lowest BCUT2D eigenvalue weighted by Gasteiger charge is -2.25. The minimum absolute atomic E-state index is 0.350. The first-order chi connectivity index (χ1) is 10.3. The number of nitrogens with zero attached hydrogens (tertiary/aromatic N) is 1. The third kappa shape index (κ3) is 2.59. The fraction of sp³-hybridized carbons (Fsp3) is 0.611. The number of benzene rings is 1. The third-order valence-electron chi connectivity index (χ3n) is 5.46. The van der Waals surface area contributed by atoms with Crippen LogP contribution in [-0.2, 0) is 17.6 Å². The van der Waals surface area contributed by atoms with Crippen LogP contribution >= 0.6 is 0 Å². The number of fused-ring (bicyclic) bond motifs is 1. The largest absolute Gasteiger partial charge is 0.337 e. The average molecular weight is 284 g/mol. The molecule has 1 aliphatic heterocycles. The number of nitrogens with one attached hydrogen (secondary N) is 1. The lowest BCUT2D eigenvalue weighted by molar-refractivity contribution is -0.129. The van der Waals surface area contributed by atoms with Gasteiger partial charge in [-0.3, -0.25) is 4.79 Å². The van der Waals surface area contributed by atoms with Crippen molar-refractivity contribution in [3.8, 4) is 0 Å². The summed E-state index contributed by atoms with van der Waals surface area (Å²) < 4.78 is 0. The Morgan fingerprint density at radius 1 is 0.952 bits per heavy atom. The van der Waals surface area contributed by atoms with E-state index >= 15 is 0 Å². The van der Waals surface area contributed by atoms with Gasteiger partial charge >= 0.3 is 0 Å². The maximum Gasteiger partial charge on any atom is 0.224 e. The normalized spacial score (nSPS) is 26.8. The molecular weight excluding hydrogens is 260 g/mol. The van der Waals surface area contributed by atoms with Crippen molar-refractivity contribution in [2.24, 2.45) is 0 Å². The summed E-state index contributed by atoms with van der Waals surface area (Å²) in [5.74, 6) is 0.350. The highest BCUT2D eigenvalue weighted by molar-refractivity contribution is 5.80. The fourth-order valence-electron chi connectivity index (χ4n) is 4.38. The molecule has 112 valence electrons. The van der Waals surface area contributed by atoms with Crippen LogP contribution in [0.25, 0.3) is 0 Å². The molecule has 3 nitrogen and oxygen atoms in total. The molecule has 0 aromatic heterocycles. The molecule has 2 aliphatic carbocycles. The van der Waals surface area contributed by atoms with E-state index in [1.165, 1.54) is 36.8 Å². The maximum atomic E-state index is 12.4. The zero-order valence-electron chi connectivity index (χ0n) is 12.6. The van der Waals surface area contributed by atoms with Gasteiger partial charge in [0.25, 0.3) is 0 Å². The maximum absolute atomic E-state index is 12.4. The van der Waals surface area contributed by atoms with Gasteiger partial charge in [0.2, 0.25) is 5.91 Å². The highest BCUT2D eigenvalue weighted by Gasteiger charge is 2.37. The van der Waals surface area contributed by atoms with E-state index in [4.69, 9.17) is 0 Å². The summed E-state index contributed by atoms with van der Waals surface area (Å²) in [5, 5.41) is 3.72. The molecule has 3 aliphatic rings. The van der Waals surface area contributed by atoms with Crippen molar-refractivity contribution < 1.29 is 4.79 Å². The average Bonchev–Trinajstić information content (AvgIpc) is 3.18. The number of likely N-dealkylation sites (tertiary alicyclic amines) is 1. The van der Waals surface area contributed by atoms with Crippen LogP contribution in [0, 0.1) is 0 Å². The Bertz CT molecular complexity index is 511. The Hall–Kier alpha value is -1.35. The van der Waals surface area contributed by atoms with Crippen LogP contribution in [-0.4, -0.2) is 35.5 Å². The van der Waals surface area contributed by atoms with Gasteiger partial charge in [-0.1, -0.05) is 37.1 Å². The van der Waals surface area contributed by atoms with E-state index < -0.39 is 0 Å². The van der Waals surface area contributed by atoms with Crippen molar-refractivity contribution in [1.82, 2.24) is 10.2 Å². The molecule has 1 saturated carbocycles. The van der Waals surface area contributed by atoms with Crippen LogP contribution in [0.5, 0.6) is 0 Å². The summed E-state index contributed by atoms with van der Waals surface area (Å²) in [6.45, 7) is 0.911. The standard InChI is InChI=1S/C18H24N2O/c21-18-11-16(19-15-7-3-4-8-15)12-20(18)17-9-13-5-1-2-6-14(13)10-17/h1-2,5-6,15-17,19H,3-4,7-12H2/t16-/m1/s1. The van der Waals surface area contributed by atoms with E-state index in [0.29, 0.717) is 30.5 Å². The second-order valence-electron chi connectivity index (χ2n) is 6.93. The molecule has 0 radical (unpaired) electrons. The van der Waals surface area contributed by atoms with E-state index in [2.05, 4.69) is 34.5 Å². The summed E-state index contributed by atoms with van der Waals surface area (Å²) >= 11 is 0. The van der Waals surface area contributed by atoms with Gasteiger partial charge < -0.3 is 10.2 Å². The van der Waals surface area contributed by atoms with Gasteiger partial charge in [-0.15, -0.1) is 0 Å². The number of amides is 1. The molecule has 1 aromatic carbocycles. The minimum atomic E-state index is 0.350. The molecule has 3 heteroatoms. The van der Waals surface area contributed by atoms with Crippen molar-refractivity contribution in [3.05, 3.63) is 35.4 Å². The lowest BCUT2D eigenvalue weighted by Crippen LogP contribution is -2.41. The van der Waals surface area contributed by atoms with Crippen molar-refractivity contribution in [3.63, 3.8) is 0 Å². The number of carbonyl (C=O) groups excluding carboxylic acids is 1. The smallest absolute Gasteiger partial charge is 0.224 e. The second kappa shape index (κ2) is 5.45. The highest BCUT2D eigenvalue weighted by atomic mass is 16.2. The van der Waals surface area contributed by atoms with Gasteiger partial charge in [0, 0.05) is 31.1 Å². The summed E-state index contributed by atoms with van der Waals surface area (Å²) in [5.41, 5.74) is 2.87. The van der Waals surface area contributed by atoms with Gasteiger partial charge in [0.05, 0.1) is 0 Å². The zero-order valence-corrected chi connectivity index (χ0v) is 12.6. The quantitative estimate of drug-likeness (QED) is 0.923. The number of hydrogen-bond donors (Lipinski definition) is 1. The van der Waals surface area contributed by atoms with Gasteiger partial charge in [0.15, 0.2) is 0 Å². The summed E-state index contributed by atoms with van der Waals surface area (Å²) in [6.07, 6.45) is 8.05. The van der Waals surface area contributed by atoms with Crippen molar-refractivity contribution >= 4 is 5.91 Å². The van der Waals surface area contributed by atoms with Gasteiger partial charge in [0.1, 0.15) is 0 Å². The van der Waals surface area contributed by atoms with E-state index in [9.17, 15) is 4.79 Å². The first kappa shape index (κ1) is 13.3. The first-order valence-corrected chi connectivity index (χ1v) is 8.42. The van der Waals surface area contributed by atoms with E-state index in [0.717, 1.165) is 19.4 Å². The summed E-state index contributed by atoms with van der Waals surface area (Å²) in [6, 6.07) is 10.1. The number of rotatable bonds is 3. The van der Waals surface area contributed by atoms with Crippen molar-refractivity contribution in [2.75, 3.05) is 6.54 Å². The van der Waals surface area contributed by atoms with Crippen LogP contribution in [0.1, 0.15) is 43.2 Å². The third-order valence-corrected chi connectivity index (χ3v) is 5.46. The first-order valence-electron chi connectivity index (χ1n) is 8.42. The van der Waals surface area contributed by atoms with Crippen molar-refractivity contribution in [2.45, 2.75) is 63.1 Å². The molecule has 0 bridgehead atoms. The molecule has 0 unspecified atom stereocenters. The molecule has 21 heavy (non-hydrogen) atoms. The molecule has 1 N–H and O–H groups in total. The van der Waals surface area contributed by atoms with Crippen LogP contribution in [0.3, 0.4) is 0 Å². The van der Waals surface area contributed by atoms with Crippen LogP contribution in [0.15, 0.2) is 24.3 Å².